The molecule has 8 heteroatoms. The molecule has 3 nitrogen and oxygen atoms in total. The Kier molecular flexibility index (Phi) is 5.14. The number of benzene rings is 2. The molecule has 0 aliphatic rings. The molecule has 25 heavy (non-hydrogen) atoms. The van der Waals surface area contributed by atoms with Gasteiger partial charge in [0.2, 0.25) is 0 Å². The Morgan fingerprint density at radius 2 is 1.64 bits per heavy atom. The molecule has 3 aromatic rings. The van der Waals surface area contributed by atoms with E-state index in [2.05, 4.69) is 37.9 Å². The van der Waals surface area contributed by atoms with Gasteiger partial charge in [0.1, 0.15) is 11.0 Å². The average Bonchev–Trinajstić information content (AvgIpc) is 2.56. The molecule has 2 aromatic carbocycles. The zero-order chi connectivity index (χ0) is 18.0. The highest BCUT2D eigenvalue weighted by Crippen LogP contribution is 2.31. The van der Waals surface area contributed by atoms with Crippen molar-refractivity contribution >= 4 is 45.7 Å². The van der Waals surface area contributed by atoms with Gasteiger partial charge >= 0.3 is 6.18 Å². The van der Waals surface area contributed by atoms with Gasteiger partial charge in [-0.1, -0.05) is 35.9 Å². The molecule has 3 rings (SSSR count). The highest BCUT2D eigenvalue weighted by atomic mass is 127. The minimum absolute atomic E-state index is 0.193. The highest BCUT2D eigenvalue weighted by Gasteiger charge is 2.30. The van der Waals surface area contributed by atoms with Gasteiger partial charge in [-0.3, -0.25) is 0 Å². The lowest BCUT2D eigenvalue weighted by molar-refractivity contribution is -0.137. The predicted octanol–water partition coefficient (Wildman–Crippen LogP) is 6.16. The zero-order valence-corrected chi connectivity index (χ0v) is 15.4. The zero-order valence-electron chi connectivity index (χ0n) is 12.5. The van der Waals surface area contributed by atoms with Crippen molar-refractivity contribution in [1.29, 1.82) is 0 Å². The third-order valence-corrected chi connectivity index (χ3v) is 4.44. The first-order valence-corrected chi connectivity index (χ1v) is 8.52. The third-order valence-electron chi connectivity index (χ3n) is 3.30. The molecule has 1 aromatic heterocycles. The van der Waals surface area contributed by atoms with Crippen LogP contribution in [-0.4, -0.2) is 9.97 Å². The summed E-state index contributed by atoms with van der Waals surface area (Å²) in [7, 11) is 0. The first kappa shape index (κ1) is 17.9. The fourth-order valence-corrected chi connectivity index (χ4v) is 2.83. The Morgan fingerprint density at radius 3 is 2.28 bits per heavy atom. The molecule has 0 aliphatic carbocycles. The summed E-state index contributed by atoms with van der Waals surface area (Å²) < 4.78 is 39.0. The van der Waals surface area contributed by atoms with Crippen LogP contribution < -0.4 is 5.32 Å². The number of aromatic nitrogens is 2. The molecule has 0 amide bonds. The molecule has 0 spiro atoms. The summed E-state index contributed by atoms with van der Waals surface area (Å²) in [4.78, 5) is 8.43. The average molecular weight is 476 g/mol. The summed E-state index contributed by atoms with van der Waals surface area (Å²) in [5.74, 6) is 0.702. The summed E-state index contributed by atoms with van der Waals surface area (Å²) >= 11 is 8.22. The maximum absolute atomic E-state index is 12.7. The molecule has 128 valence electrons. The molecule has 0 atom stereocenters. The number of alkyl halides is 3. The molecule has 1 heterocycles. The van der Waals surface area contributed by atoms with E-state index in [9.17, 15) is 13.2 Å². The van der Waals surface area contributed by atoms with E-state index in [4.69, 9.17) is 11.6 Å². The summed E-state index contributed by atoms with van der Waals surface area (Å²) in [6, 6.07) is 13.8. The van der Waals surface area contributed by atoms with E-state index in [1.165, 1.54) is 12.1 Å². The van der Waals surface area contributed by atoms with Crippen LogP contribution in [0.15, 0.2) is 54.6 Å². The second kappa shape index (κ2) is 7.17. The lowest BCUT2D eigenvalue weighted by atomic mass is 10.1. The topological polar surface area (TPSA) is 37.8 Å². The number of rotatable bonds is 3. The second-order valence-electron chi connectivity index (χ2n) is 5.08. The number of nitrogens with one attached hydrogen (secondary N) is 1. The lowest BCUT2D eigenvalue weighted by Gasteiger charge is -2.10. The van der Waals surface area contributed by atoms with Crippen molar-refractivity contribution in [2.75, 3.05) is 5.32 Å². The molecule has 0 fully saturated rings. The van der Waals surface area contributed by atoms with E-state index < -0.39 is 11.7 Å². The first-order chi connectivity index (χ1) is 11.8. The van der Waals surface area contributed by atoms with Crippen LogP contribution in [0.3, 0.4) is 0 Å². The number of anilines is 2. The standard InChI is InChI=1S/C17H10ClF3IN3/c18-14-9-15(23-13-4-2-1-3-12(13)22)25-16(24-14)10-5-7-11(8-6-10)17(19,20)21/h1-9H,(H,23,24,25). The quantitative estimate of drug-likeness (QED) is 0.364. The van der Waals surface area contributed by atoms with Crippen LogP contribution in [0.5, 0.6) is 0 Å². The van der Waals surface area contributed by atoms with Crippen molar-refractivity contribution in [3.8, 4) is 11.4 Å². The maximum atomic E-state index is 12.7. The van der Waals surface area contributed by atoms with Crippen molar-refractivity contribution in [3.05, 3.63) is 68.9 Å². The summed E-state index contributed by atoms with van der Waals surface area (Å²) in [6.07, 6.45) is -4.38. The normalized spacial score (nSPS) is 11.4. The van der Waals surface area contributed by atoms with Crippen molar-refractivity contribution < 1.29 is 13.2 Å². The van der Waals surface area contributed by atoms with E-state index in [0.717, 1.165) is 21.4 Å². The number of nitrogens with zero attached hydrogens (tertiary/aromatic N) is 2. The predicted molar refractivity (Wildman–Crippen MR) is 99.9 cm³/mol. The highest BCUT2D eigenvalue weighted by molar-refractivity contribution is 14.1. The van der Waals surface area contributed by atoms with E-state index in [-0.39, 0.29) is 11.0 Å². The molecule has 0 radical (unpaired) electrons. The summed E-state index contributed by atoms with van der Waals surface area (Å²) in [5.41, 5.74) is 0.563. The Labute approximate surface area is 160 Å². The van der Waals surface area contributed by atoms with Crippen LogP contribution in [0.4, 0.5) is 24.7 Å². The first-order valence-electron chi connectivity index (χ1n) is 7.07. The van der Waals surface area contributed by atoms with Gasteiger partial charge in [-0.25, -0.2) is 9.97 Å². The van der Waals surface area contributed by atoms with Crippen LogP contribution in [0.2, 0.25) is 5.15 Å². The van der Waals surface area contributed by atoms with E-state index in [1.807, 2.05) is 24.3 Å². The van der Waals surface area contributed by atoms with E-state index in [1.54, 1.807) is 6.07 Å². The molecule has 0 saturated heterocycles. The van der Waals surface area contributed by atoms with Crippen molar-refractivity contribution in [1.82, 2.24) is 9.97 Å². The minimum atomic E-state index is -4.38. The number of hydrogen-bond donors (Lipinski definition) is 1. The molecular weight excluding hydrogens is 466 g/mol. The van der Waals surface area contributed by atoms with E-state index >= 15 is 0 Å². The van der Waals surface area contributed by atoms with Crippen molar-refractivity contribution in [3.63, 3.8) is 0 Å². The maximum Gasteiger partial charge on any atom is 0.416 e. The minimum Gasteiger partial charge on any atom is -0.339 e. The van der Waals surface area contributed by atoms with Crippen LogP contribution in [-0.2, 0) is 6.18 Å². The number of halogens is 5. The van der Waals surface area contributed by atoms with Crippen molar-refractivity contribution in [2.45, 2.75) is 6.18 Å². The van der Waals surface area contributed by atoms with Crippen LogP contribution >= 0.6 is 34.2 Å². The monoisotopic (exact) mass is 475 g/mol. The Balaban J connectivity index is 1.93. The van der Waals surface area contributed by atoms with Gasteiger partial charge in [0, 0.05) is 15.2 Å². The fraction of sp³-hybridized carbons (Fsp3) is 0.0588. The molecular formula is C17H10ClF3IN3. The van der Waals surface area contributed by atoms with Gasteiger partial charge in [-0.15, -0.1) is 0 Å². The van der Waals surface area contributed by atoms with Gasteiger partial charge in [-0.05, 0) is 46.9 Å². The van der Waals surface area contributed by atoms with Gasteiger partial charge < -0.3 is 5.32 Å². The lowest BCUT2D eigenvalue weighted by Crippen LogP contribution is -2.04. The third kappa shape index (κ3) is 4.40. The van der Waals surface area contributed by atoms with Crippen LogP contribution in [0.1, 0.15) is 5.56 Å². The molecule has 0 bridgehead atoms. The van der Waals surface area contributed by atoms with Gasteiger partial charge in [0.25, 0.3) is 0 Å². The summed E-state index contributed by atoms with van der Waals surface area (Å²) in [5, 5.41) is 3.33. The smallest absolute Gasteiger partial charge is 0.339 e. The number of hydrogen-bond acceptors (Lipinski definition) is 3. The fourth-order valence-electron chi connectivity index (χ4n) is 2.12. The molecule has 0 aliphatic heterocycles. The van der Waals surface area contributed by atoms with Crippen molar-refractivity contribution in [2.24, 2.45) is 0 Å². The van der Waals surface area contributed by atoms with E-state index in [0.29, 0.717) is 11.4 Å². The molecule has 0 saturated carbocycles. The SMILES string of the molecule is FC(F)(F)c1ccc(-c2nc(Cl)cc(Nc3ccccc3I)n2)cc1. The van der Waals surface area contributed by atoms with Crippen LogP contribution in [0.25, 0.3) is 11.4 Å². The molecule has 0 unspecified atom stereocenters. The largest absolute Gasteiger partial charge is 0.416 e. The van der Waals surface area contributed by atoms with Crippen LogP contribution in [0, 0.1) is 3.57 Å². The van der Waals surface area contributed by atoms with Gasteiger partial charge in [-0.2, -0.15) is 13.2 Å². The van der Waals surface area contributed by atoms with Gasteiger partial charge in [0.15, 0.2) is 5.82 Å². The van der Waals surface area contributed by atoms with Gasteiger partial charge in [0.05, 0.1) is 11.3 Å². The Bertz CT molecular complexity index is 898. The second-order valence-corrected chi connectivity index (χ2v) is 6.63. The number of para-hydroxylation sites is 1. The molecule has 1 N–H and O–H groups in total. The Morgan fingerprint density at radius 1 is 0.960 bits per heavy atom. The summed E-state index contributed by atoms with van der Waals surface area (Å²) in [6.45, 7) is 0. The Hall–Kier alpha value is -1.87.